The third-order valence-corrected chi connectivity index (χ3v) is 5.52. The smallest absolute Gasteiger partial charge is 0.255 e. The SMILES string of the molecule is O=C(c1ccc(N2CCO[C@@H](c3ccc(Cl)cc3)C2)nc1)N1CCCCC1. The van der Waals surface area contributed by atoms with Crippen LogP contribution in [-0.4, -0.2) is 48.6 Å². The molecule has 0 aliphatic carbocycles. The van der Waals surface area contributed by atoms with Crippen LogP contribution in [0.4, 0.5) is 5.82 Å². The van der Waals surface area contributed by atoms with Crippen LogP contribution in [-0.2, 0) is 4.74 Å². The zero-order valence-corrected chi connectivity index (χ0v) is 16.1. The minimum absolute atomic E-state index is 0.00697. The Labute approximate surface area is 164 Å². The number of rotatable bonds is 3. The molecule has 1 aromatic heterocycles. The van der Waals surface area contributed by atoms with Crippen LogP contribution in [0, 0.1) is 0 Å². The molecule has 0 N–H and O–H groups in total. The largest absolute Gasteiger partial charge is 0.370 e. The Morgan fingerprint density at radius 3 is 2.52 bits per heavy atom. The van der Waals surface area contributed by atoms with Crippen LogP contribution in [0.3, 0.4) is 0 Å². The van der Waals surface area contributed by atoms with Crippen LogP contribution in [0.1, 0.15) is 41.3 Å². The molecule has 2 saturated heterocycles. The summed E-state index contributed by atoms with van der Waals surface area (Å²) in [7, 11) is 0. The van der Waals surface area contributed by atoms with Crippen molar-refractivity contribution in [3.63, 3.8) is 0 Å². The molecule has 142 valence electrons. The van der Waals surface area contributed by atoms with Gasteiger partial charge in [-0.3, -0.25) is 4.79 Å². The maximum Gasteiger partial charge on any atom is 0.255 e. The van der Waals surface area contributed by atoms with Gasteiger partial charge in [0, 0.05) is 37.4 Å². The van der Waals surface area contributed by atoms with Crippen LogP contribution in [0.15, 0.2) is 42.6 Å². The first-order chi connectivity index (χ1) is 13.2. The van der Waals surface area contributed by atoms with E-state index < -0.39 is 0 Å². The lowest BCUT2D eigenvalue weighted by Crippen LogP contribution is -2.39. The molecule has 0 radical (unpaired) electrons. The topological polar surface area (TPSA) is 45.7 Å². The molecule has 2 aromatic rings. The van der Waals surface area contributed by atoms with Crippen molar-refractivity contribution in [2.75, 3.05) is 37.7 Å². The van der Waals surface area contributed by atoms with Gasteiger partial charge in [-0.15, -0.1) is 0 Å². The van der Waals surface area contributed by atoms with Gasteiger partial charge in [-0.25, -0.2) is 4.98 Å². The van der Waals surface area contributed by atoms with Crippen molar-refractivity contribution >= 4 is 23.3 Å². The van der Waals surface area contributed by atoms with Gasteiger partial charge in [0.15, 0.2) is 0 Å². The first kappa shape index (κ1) is 18.3. The monoisotopic (exact) mass is 385 g/mol. The Morgan fingerprint density at radius 2 is 1.81 bits per heavy atom. The molecule has 2 aliphatic rings. The fraction of sp³-hybridized carbons (Fsp3) is 0.429. The van der Waals surface area contributed by atoms with E-state index in [4.69, 9.17) is 16.3 Å². The van der Waals surface area contributed by atoms with Crippen molar-refractivity contribution < 1.29 is 9.53 Å². The number of halogens is 1. The molecule has 1 amide bonds. The number of benzene rings is 1. The summed E-state index contributed by atoms with van der Waals surface area (Å²) in [5.74, 6) is 0.974. The number of amides is 1. The second-order valence-corrected chi connectivity index (χ2v) is 7.55. The normalized spacial score (nSPS) is 20.6. The molecular formula is C21H24ClN3O2. The Hall–Kier alpha value is -2.11. The van der Waals surface area contributed by atoms with Gasteiger partial charge in [0.2, 0.25) is 0 Å². The zero-order valence-electron chi connectivity index (χ0n) is 15.3. The van der Waals surface area contributed by atoms with Gasteiger partial charge in [0.1, 0.15) is 11.9 Å². The Bertz CT molecular complexity index is 773. The van der Waals surface area contributed by atoms with Crippen LogP contribution in [0.25, 0.3) is 0 Å². The zero-order chi connectivity index (χ0) is 18.6. The molecule has 2 fully saturated rings. The van der Waals surface area contributed by atoms with E-state index in [9.17, 15) is 4.79 Å². The number of hydrogen-bond acceptors (Lipinski definition) is 4. The molecule has 0 bridgehead atoms. The van der Waals surface area contributed by atoms with Crippen LogP contribution < -0.4 is 4.90 Å². The molecule has 0 unspecified atom stereocenters. The van der Waals surface area contributed by atoms with E-state index in [1.807, 2.05) is 41.3 Å². The van der Waals surface area contributed by atoms with Crippen molar-refractivity contribution in [1.82, 2.24) is 9.88 Å². The summed E-state index contributed by atoms with van der Waals surface area (Å²) in [4.78, 5) is 21.3. The summed E-state index contributed by atoms with van der Waals surface area (Å²) in [5, 5.41) is 0.724. The average Bonchev–Trinajstić information content (AvgIpc) is 2.75. The Balaban J connectivity index is 1.43. The summed E-state index contributed by atoms with van der Waals surface area (Å²) in [6.07, 6.45) is 5.10. The highest BCUT2D eigenvalue weighted by Crippen LogP contribution is 2.26. The lowest BCUT2D eigenvalue weighted by atomic mass is 10.1. The number of hydrogen-bond donors (Lipinski definition) is 0. The van der Waals surface area contributed by atoms with Crippen molar-refractivity contribution in [2.24, 2.45) is 0 Å². The fourth-order valence-electron chi connectivity index (χ4n) is 3.72. The molecule has 6 heteroatoms. The van der Waals surface area contributed by atoms with Gasteiger partial charge in [-0.1, -0.05) is 23.7 Å². The predicted molar refractivity (Wildman–Crippen MR) is 106 cm³/mol. The minimum Gasteiger partial charge on any atom is -0.370 e. The van der Waals surface area contributed by atoms with Gasteiger partial charge in [0.25, 0.3) is 5.91 Å². The molecular weight excluding hydrogens is 362 g/mol. The number of aromatic nitrogens is 1. The summed E-state index contributed by atoms with van der Waals surface area (Å²) in [5.41, 5.74) is 1.78. The van der Waals surface area contributed by atoms with Gasteiger partial charge in [0.05, 0.1) is 12.2 Å². The van der Waals surface area contributed by atoms with Gasteiger partial charge >= 0.3 is 0 Å². The van der Waals surface area contributed by atoms with E-state index in [0.717, 1.165) is 55.4 Å². The van der Waals surface area contributed by atoms with Crippen LogP contribution in [0.2, 0.25) is 5.02 Å². The molecule has 0 spiro atoms. The second kappa shape index (κ2) is 8.28. The molecule has 3 heterocycles. The van der Waals surface area contributed by atoms with E-state index in [-0.39, 0.29) is 12.0 Å². The first-order valence-electron chi connectivity index (χ1n) is 9.58. The van der Waals surface area contributed by atoms with Crippen molar-refractivity contribution in [3.05, 3.63) is 58.7 Å². The molecule has 0 saturated carbocycles. The van der Waals surface area contributed by atoms with Crippen molar-refractivity contribution in [1.29, 1.82) is 0 Å². The molecule has 5 nitrogen and oxygen atoms in total. The number of carbonyl (C=O) groups excluding carboxylic acids is 1. The average molecular weight is 386 g/mol. The standard InChI is InChI=1S/C21H24ClN3O2/c22-18-7-4-16(5-8-18)19-15-25(12-13-27-19)20-9-6-17(14-23-20)21(26)24-10-2-1-3-11-24/h4-9,14,19H,1-3,10-13,15H2/t19-/m1/s1. The predicted octanol–water partition coefficient (Wildman–Crippen LogP) is 3.94. The van der Waals surface area contributed by atoms with Gasteiger partial charge in [-0.05, 0) is 49.1 Å². The third-order valence-electron chi connectivity index (χ3n) is 5.27. The minimum atomic E-state index is -0.00697. The van der Waals surface area contributed by atoms with Crippen LogP contribution in [0.5, 0.6) is 0 Å². The number of morpholine rings is 1. The maximum absolute atomic E-state index is 12.6. The van der Waals surface area contributed by atoms with E-state index in [0.29, 0.717) is 12.2 Å². The Kier molecular flexibility index (Phi) is 5.60. The lowest BCUT2D eigenvalue weighted by molar-refractivity contribution is 0.0395. The summed E-state index contributed by atoms with van der Waals surface area (Å²) >= 11 is 5.98. The van der Waals surface area contributed by atoms with Gasteiger partial charge < -0.3 is 14.5 Å². The molecule has 4 rings (SSSR count). The highest BCUT2D eigenvalue weighted by molar-refractivity contribution is 6.30. The summed E-state index contributed by atoms with van der Waals surface area (Å²) in [6, 6.07) is 11.6. The van der Waals surface area contributed by atoms with Crippen molar-refractivity contribution in [2.45, 2.75) is 25.4 Å². The number of carbonyl (C=O) groups is 1. The van der Waals surface area contributed by atoms with Crippen molar-refractivity contribution in [3.8, 4) is 0 Å². The number of likely N-dealkylation sites (tertiary alicyclic amines) is 1. The third kappa shape index (κ3) is 4.25. The molecule has 27 heavy (non-hydrogen) atoms. The lowest BCUT2D eigenvalue weighted by Gasteiger charge is -2.34. The highest BCUT2D eigenvalue weighted by atomic mass is 35.5. The number of ether oxygens (including phenoxy) is 1. The van der Waals surface area contributed by atoms with E-state index >= 15 is 0 Å². The number of nitrogens with zero attached hydrogens (tertiary/aromatic N) is 3. The number of anilines is 1. The van der Waals surface area contributed by atoms with E-state index in [1.165, 1.54) is 6.42 Å². The molecule has 2 aliphatic heterocycles. The fourth-order valence-corrected chi connectivity index (χ4v) is 3.84. The first-order valence-corrected chi connectivity index (χ1v) is 9.96. The Morgan fingerprint density at radius 1 is 1.04 bits per heavy atom. The van der Waals surface area contributed by atoms with Gasteiger partial charge in [-0.2, -0.15) is 0 Å². The van der Waals surface area contributed by atoms with E-state index in [2.05, 4.69) is 9.88 Å². The number of pyridine rings is 1. The highest BCUT2D eigenvalue weighted by Gasteiger charge is 2.24. The molecule has 1 atom stereocenters. The van der Waals surface area contributed by atoms with Crippen LogP contribution >= 0.6 is 11.6 Å². The number of piperidine rings is 1. The maximum atomic E-state index is 12.6. The quantitative estimate of drug-likeness (QED) is 0.802. The molecule has 1 aromatic carbocycles. The summed E-state index contributed by atoms with van der Waals surface area (Å²) < 4.78 is 5.92. The second-order valence-electron chi connectivity index (χ2n) is 7.11. The summed E-state index contributed by atoms with van der Waals surface area (Å²) in [6.45, 7) is 3.87. The van der Waals surface area contributed by atoms with E-state index in [1.54, 1.807) is 6.20 Å².